The summed E-state index contributed by atoms with van der Waals surface area (Å²) in [5, 5.41) is 9.36. The van der Waals surface area contributed by atoms with E-state index in [1.165, 1.54) is 23.3 Å². The fourth-order valence-electron chi connectivity index (χ4n) is 1.76. The topological polar surface area (TPSA) is 20.2 Å². The molecule has 1 nitrogen and oxygen atoms in total. The highest BCUT2D eigenvalue weighted by Crippen LogP contribution is 2.22. The molecule has 0 aliphatic rings. The minimum atomic E-state index is 0.262. The van der Waals surface area contributed by atoms with E-state index in [-0.39, 0.29) is 6.61 Å². The predicted octanol–water partition coefficient (Wildman–Crippen LogP) is 3.21. The highest BCUT2D eigenvalue weighted by Gasteiger charge is 2.09. The smallest absolute Gasteiger partial charge is 0.0499 e. The van der Waals surface area contributed by atoms with Gasteiger partial charge in [-0.05, 0) is 37.3 Å². The molecule has 0 aliphatic heterocycles. The monoisotopic (exact) mass is 224 g/mol. The summed E-state index contributed by atoms with van der Waals surface area (Å²) in [5.74, 6) is 1.50. The predicted molar refractivity (Wildman–Crippen MR) is 68.6 cm³/mol. The van der Waals surface area contributed by atoms with Crippen LogP contribution in [0.25, 0.3) is 0 Å². The van der Waals surface area contributed by atoms with Crippen LogP contribution in [0.5, 0.6) is 0 Å². The van der Waals surface area contributed by atoms with E-state index in [0.717, 1.165) is 6.42 Å². The van der Waals surface area contributed by atoms with Crippen molar-refractivity contribution in [3.8, 4) is 0 Å². The van der Waals surface area contributed by atoms with Gasteiger partial charge in [0.1, 0.15) is 0 Å². The summed E-state index contributed by atoms with van der Waals surface area (Å²) in [6.45, 7) is 2.36. The van der Waals surface area contributed by atoms with Crippen molar-refractivity contribution >= 4 is 11.8 Å². The first kappa shape index (κ1) is 12.6. The molecule has 1 atom stereocenters. The number of rotatable bonds is 6. The van der Waals surface area contributed by atoms with Crippen LogP contribution < -0.4 is 0 Å². The second-order valence-electron chi connectivity index (χ2n) is 3.93. The summed E-state index contributed by atoms with van der Waals surface area (Å²) in [6.07, 6.45) is 4.39. The molecule has 1 unspecified atom stereocenters. The van der Waals surface area contributed by atoms with Crippen LogP contribution >= 0.6 is 11.8 Å². The van der Waals surface area contributed by atoms with Crippen molar-refractivity contribution < 1.29 is 5.11 Å². The Balaban J connectivity index is 2.57. The van der Waals surface area contributed by atoms with Crippen molar-refractivity contribution in [2.24, 2.45) is 0 Å². The summed E-state index contributed by atoms with van der Waals surface area (Å²) in [4.78, 5) is 0. The Bertz CT molecular complexity index is 286. The van der Waals surface area contributed by atoms with Gasteiger partial charge in [0.15, 0.2) is 0 Å². The molecule has 0 fully saturated rings. The summed E-state index contributed by atoms with van der Waals surface area (Å²) < 4.78 is 0. The zero-order chi connectivity index (χ0) is 11.1. The molecule has 0 radical (unpaired) electrons. The molecular weight excluding hydrogens is 204 g/mol. The Kier molecular flexibility index (Phi) is 5.81. The fourth-order valence-corrected chi connectivity index (χ4v) is 2.22. The zero-order valence-electron chi connectivity index (χ0n) is 9.57. The molecule has 0 bridgehead atoms. The first-order valence-electron chi connectivity index (χ1n) is 5.44. The van der Waals surface area contributed by atoms with Crippen LogP contribution in [0.2, 0.25) is 0 Å². The van der Waals surface area contributed by atoms with Crippen LogP contribution in [0.15, 0.2) is 24.3 Å². The maximum atomic E-state index is 9.36. The molecule has 15 heavy (non-hydrogen) atoms. The van der Waals surface area contributed by atoms with Gasteiger partial charge in [0.2, 0.25) is 0 Å². The maximum Gasteiger partial charge on any atom is 0.0499 e. The molecule has 0 amide bonds. The summed E-state index contributed by atoms with van der Waals surface area (Å²) >= 11 is 1.87. The molecule has 0 heterocycles. The van der Waals surface area contributed by atoms with Crippen molar-refractivity contribution in [2.75, 3.05) is 18.6 Å². The third kappa shape index (κ3) is 4.27. The van der Waals surface area contributed by atoms with Gasteiger partial charge in [-0.1, -0.05) is 29.8 Å². The van der Waals surface area contributed by atoms with Crippen molar-refractivity contribution in [1.82, 2.24) is 0 Å². The van der Waals surface area contributed by atoms with Gasteiger partial charge < -0.3 is 5.11 Å². The van der Waals surface area contributed by atoms with Crippen LogP contribution in [0, 0.1) is 6.92 Å². The van der Waals surface area contributed by atoms with Crippen LogP contribution in [0.4, 0.5) is 0 Å². The summed E-state index contributed by atoms with van der Waals surface area (Å²) in [6, 6.07) is 8.47. The van der Waals surface area contributed by atoms with E-state index in [1.807, 2.05) is 11.8 Å². The second kappa shape index (κ2) is 6.91. The van der Waals surface area contributed by atoms with Gasteiger partial charge >= 0.3 is 0 Å². The van der Waals surface area contributed by atoms with Gasteiger partial charge in [-0.25, -0.2) is 0 Å². The first-order chi connectivity index (χ1) is 7.27. The summed E-state index contributed by atoms with van der Waals surface area (Å²) in [5.41, 5.74) is 2.55. The molecule has 84 valence electrons. The van der Waals surface area contributed by atoms with Gasteiger partial charge in [0, 0.05) is 12.5 Å². The minimum absolute atomic E-state index is 0.262. The highest BCUT2D eigenvalue weighted by molar-refractivity contribution is 7.98. The van der Waals surface area contributed by atoms with Crippen molar-refractivity contribution in [3.05, 3.63) is 35.4 Å². The Morgan fingerprint density at radius 3 is 2.80 bits per heavy atom. The fraction of sp³-hybridized carbons (Fsp3) is 0.538. The lowest BCUT2D eigenvalue weighted by Gasteiger charge is -2.14. The molecule has 0 aromatic heterocycles. The normalized spacial score (nSPS) is 12.7. The van der Waals surface area contributed by atoms with Gasteiger partial charge in [-0.3, -0.25) is 0 Å². The van der Waals surface area contributed by atoms with Gasteiger partial charge in [-0.2, -0.15) is 11.8 Å². The molecule has 1 N–H and O–H groups in total. The standard InChI is InChI=1S/C13H20OS/c1-11-5-3-6-12(9-11)13(10-14)7-4-8-15-2/h3,5-6,9,13-14H,4,7-8,10H2,1-2H3. The highest BCUT2D eigenvalue weighted by atomic mass is 32.2. The van der Waals surface area contributed by atoms with E-state index < -0.39 is 0 Å². The molecule has 0 saturated heterocycles. The maximum absolute atomic E-state index is 9.36. The minimum Gasteiger partial charge on any atom is -0.396 e. The van der Waals surface area contributed by atoms with Crippen molar-refractivity contribution in [3.63, 3.8) is 0 Å². The lowest BCUT2D eigenvalue weighted by Crippen LogP contribution is -2.04. The van der Waals surface area contributed by atoms with Gasteiger partial charge in [0.05, 0.1) is 0 Å². The Labute approximate surface area is 96.9 Å². The van der Waals surface area contributed by atoms with E-state index in [2.05, 4.69) is 37.4 Å². The van der Waals surface area contributed by atoms with Crippen LogP contribution in [-0.2, 0) is 0 Å². The average Bonchev–Trinajstić information content (AvgIpc) is 2.24. The van der Waals surface area contributed by atoms with Crippen LogP contribution in [0.1, 0.15) is 29.9 Å². The van der Waals surface area contributed by atoms with Crippen molar-refractivity contribution in [1.29, 1.82) is 0 Å². The Hall–Kier alpha value is -0.470. The zero-order valence-corrected chi connectivity index (χ0v) is 10.4. The number of aliphatic hydroxyl groups is 1. The number of hydrogen-bond donors (Lipinski definition) is 1. The lowest BCUT2D eigenvalue weighted by molar-refractivity contribution is 0.258. The van der Waals surface area contributed by atoms with Gasteiger partial charge in [-0.15, -0.1) is 0 Å². The number of aliphatic hydroxyl groups excluding tert-OH is 1. The SMILES string of the molecule is CSCCCC(CO)c1cccc(C)c1. The molecular formula is C13H20OS. The second-order valence-corrected chi connectivity index (χ2v) is 4.91. The number of hydrogen-bond acceptors (Lipinski definition) is 2. The first-order valence-corrected chi connectivity index (χ1v) is 6.83. The van der Waals surface area contributed by atoms with E-state index in [4.69, 9.17) is 0 Å². The van der Waals surface area contributed by atoms with Crippen LogP contribution in [-0.4, -0.2) is 23.7 Å². The lowest BCUT2D eigenvalue weighted by atomic mass is 9.94. The van der Waals surface area contributed by atoms with Crippen LogP contribution in [0.3, 0.4) is 0 Å². The van der Waals surface area contributed by atoms with Gasteiger partial charge in [0.25, 0.3) is 0 Å². The molecule has 1 rings (SSSR count). The van der Waals surface area contributed by atoms with E-state index in [9.17, 15) is 5.11 Å². The number of benzene rings is 1. The number of thioether (sulfide) groups is 1. The average molecular weight is 224 g/mol. The Morgan fingerprint density at radius 2 is 2.20 bits per heavy atom. The largest absolute Gasteiger partial charge is 0.396 e. The van der Waals surface area contributed by atoms with E-state index in [1.54, 1.807) is 0 Å². The third-order valence-electron chi connectivity index (χ3n) is 2.63. The Morgan fingerprint density at radius 1 is 1.40 bits per heavy atom. The van der Waals surface area contributed by atoms with E-state index >= 15 is 0 Å². The van der Waals surface area contributed by atoms with E-state index in [0.29, 0.717) is 5.92 Å². The molecule has 0 spiro atoms. The number of aryl methyl sites for hydroxylation is 1. The molecule has 1 aromatic rings. The molecule has 2 heteroatoms. The molecule has 1 aromatic carbocycles. The summed E-state index contributed by atoms with van der Waals surface area (Å²) in [7, 11) is 0. The molecule has 0 saturated carbocycles. The third-order valence-corrected chi connectivity index (χ3v) is 3.33. The van der Waals surface area contributed by atoms with Crippen molar-refractivity contribution in [2.45, 2.75) is 25.7 Å². The molecule has 0 aliphatic carbocycles. The quantitative estimate of drug-likeness (QED) is 0.749.